The normalized spacial score (nSPS) is 10.8. The standard InChI is InChI=1S/C19H25N3O3/c1-11(2)15-8-6-7-12(3)17(15)21-19(24)18(23)20-10-9-16-13(4)22-25-14(16)5/h6-8,11H,9-10H2,1-5H3,(H,20,23)(H,21,24). The van der Waals surface area contributed by atoms with E-state index in [-0.39, 0.29) is 5.92 Å². The number of nitrogens with one attached hydrogen (secondary N) is 2. The number of rotatable bonds is 5. The number of hydrogen-bond donors (Lipinski definition) is 2. The molecule has 1 heterocycles. The van der Waals surface area contributed by atoms with Crippen LogP contribution >= 0.6 is 0 Å². The Morgan fingerprint density at radius 1 is 1.16 bits per heavy atom. The second-order valence-electron chi connectivity index (χ2n) is 6.46. The van der Waals surface area contributed by atoms with Crippen molar-refractivity contribution >= 4 is 17.5 Å². The summed E-state index contributed by atoms with van der Waals surface area (Å²) in [5, 5.41) is 9.26. The molecule has 0 unspecified atom stereocenters. The van der Waals surface area contributed by atoms with E-state index in [1.165, 1.54) is 0 Å². The fourth-order valence-electron chi connectivity index (χ4n) is 2.75. The van der Waals surface area contributed by atoms with Crippen LogP contribution in [0.3, 0.4) is 0 Å². The van der Waals surface area contributed by atoms with E-state index in [0.29, 0.717) is 18.7 Å². The van der Waals surface area contributed by atoms with E-state index in [0.717, 1.165) is 28.1 Å². The van der Waals surface area contributed by atoms with Gasteiger partial charge in [0.1, 0.15) is 5.76 Å². The van der Waals surface area contributed by atoms with Gasteiger partial charge in [-0.15, -0.1) is 0 Å². The Morgan fingerprint density at radius 2 is 1.88 bits per heavy atom. The molecule has 1 aromatic heterocycles. The number of anilines is 1. The zero-order chi connectivity index (χ0) is 18.6. The van der Waals surface area contributed by atoms with Crippen LogP contribution in [0.25, 0.3) is 0 Å². The SMILES string of the molecule is Cc1cccc(C(C)C)c1NC(=O)C(=O)NCCc1c(C)noc1C. The molecule has 0 saturated carbocycles. The Balaban J connectivity index is 1.96. The van der Waals surface area contributed by atoms with E-state index in [1.54, 1.807) is 0 Å². The van der Waals surface area contributed by atoms with Crippen molar-refractivity contribution in [3.05, 3.63) is 46.3 Å². The lowest BCUT2D eigenvalue weighted by Gasteiger charge is -2.16. The minimum Gasteiger partial charge on any atom is -0.361 e. The van der Waals surface area contributed by atoms with Crippen molar-refractivity contribution < 1.29 is 14.1 Å². The molecule has 134 valence electrons. The number of para-hydroxylation sites is 1. The third kappa shape index (κ3) is 4.47. The van der Waals surface area contributed by atoms with E-state index in [2.05, 4.69) is 15.8 Å². The molecule has 0 aliphatic heterocycles. The van der Waals surface area contributed by atoms with E-state index >= 15 is 0 Å². The monoisotopic (exact) mass is 343 g/mol. The molecule has 25 heavy (non-hydrogen) atoms. The molecule has 2 rings (SSSR count). The highest BCUT2D eigenvalue weighted by Crippen LogP contribution is 2.27. The van der Waals surface area contributed by atoms with E-state index in [4.69, 9.17) is 4.52 Å². The molecular weight excluding hydrogens is 318 g/mol. The Hall–Kier alpha value is -2.63. The van der Waals surface area contributed by atoms with Crippen molar-refractivity contribution in [3.63, 3.8) is 0 Å². The summed E-state index contributed by atoms with van der Waals surface area (Å²) in [7, 11) is 0. The molecule has 6 nitrogen and oxygen atoms in total. The van der Waals surface area contributed by atoms with Gasteiger partial charge in [-0.3, -0.25) is 9.59 Å². The van der Waals surface area contributed by atoms with Crippen LogP contribution in [0.4, 0.5) is 5.69 Å². The van der Waals surface area contributed by atoms with Crippen molar-refractivity contribution in [1.82, 2.24) is 10.5 Å². The van der Waals surface area contributed by atoms with Crippen LogP contribution in [0.1, 0.15) is 47.9 Å². The molecular formula is C19H25N3O3. The molecule has 2 amide bonds. The summed E-state index contributed by atoms with van der Waals surface area (Å²) in [6.45, 7) is 10.0. The summed E-state index contributed by atoms with van der Waals surface area (Å²) in [6, 6.07) is 5.82. The zero-order valence-corrected chi connectivity index (χ0v) is 15.4. The number of carbonyl (C=O) groups is 2. The molecule has 0 aliphatic rings. The van der Waals surface area contributed by atoms with Crippen LogP contribution in [0.2, 0.25) is 0 Å². The van der Waals surface area contributed by atoms with Crippen molar-refractivity contribution in [2.45, 2.75) is 47.0 Å². The average Bonchev–Trinajstić information content (AvgIpc) is 2.88. The number of benzene rings is 1. The van der Waals surface area contributed by atoms with Crippen LogP contribution in [-0.2, 0) is 16.0 Å². The summed E-state index contributed by atoms with van der Waals surface area (Å²) < 4.78 is 5.09. The molecule has 6 heteroatoms. The molecule has 0 radical (unpaired) electrons. The minimum absolute atomic E-state index is 0.248. The molecule has 0 spiro atoms. The van der Waals surface area contributed by atoms with Gasteiger partial charge in [0.05, 0.1) is 5.69 Å². The smallest absolute Gasteiger partial charge is 0.313 e. The summed E-state index contributed by atoms with van der Waals surface area (Å²) in [4.78, 5) is 24.3. The Bertz CT molecular complexity index is 759. The van der Waals surface area contributed by atoms with Crippen molar-refractivity contribution in [2.24, 2.45) is 0 Å². The number of nitrogens with zero attached hydrogens (tertiary/aromatic N) is 1. The first-order valence-electron chi connectivity index (χ1n) is 8.41. The number of aromatic nitrogens is 1. The van der Waals surface area contributed by atoms with Crippen LogP contribution in [0, 0.1) is 20.8 Å². The largest absolute Gasteiger partial charge is 0.361 e. The molecule has 0 bridgehead atoms. The van der Waals surface area contributed by atoms with E-state index in [9.17, 15) is 9.59 Å². The lowest BCUT2D eigenvalue weighted by molar-refractivity contribution is -0.136. The Labute approximate surface area is 148 Å². The highest BCUT2D eigenvalue weighted by atomic mass is 16.5. The van der Waals surface area contributed by atoms with Gasteiger partial charge in [0.2, 0.25) is 0 Å². The summed E-state index contributed by atoms with van der Waals surface area (Å²) in [6.07, 6.45) is 0.571. The quantitative estimate of drug-likeness (QED) is 0.817. The molecule has 2 N–H and O–H groups in total. The van der Waals surface area contributed by atoms with Crippen LogP contribution in [-0.4, -0.2) is 23.5 Å². The number of carbonyl (C=O) groups excluding carboxylic acids is 2. The maximum absolute atomic E-state index is 12.2. The topological polar surface area (TPSA) is 84.2 Å². The highest BCUT2D eigenvalue weighted by Gasteiger charge is 2.18. The van der Waals surface area contributed by atoms with Crippen molar-refractivity contribution in [3.8, 4) is 0 Å². The molecule has 0 atom stereocenters. The molecule has 1 aromatic carbocycles. The second-order valence-corrected chi connectivity index (χ2v) is 6.46. The van der Waals surface area contributed by atoms with E-state index in [1.807, 2.05) is 52.8 Å². The van der Waals surface area contributed by atoms with Gasteiger partial charge in [-0.2, -0.15) is 0 Å². The first-order chi connectivity index (χ1) is 11.8. The number of aryl methyl sites for hydroxylation is 3. The predicted octanol–water partition coefficient (Wildman–Crippen LogP) is 3.02. The molecule has 0 saturated heterocycles. The predicted molar refractivity (Wildman–Crippen MR) is 96.6 cm³/mol. The minimum atomic E-state index is -0.657. The van der Waals surface area contributed by atoms with Gasteiger partial charge in [-0.05, 0) is 44.2 Å². The summed E-state index contributed by atoms with van der Waals surface area (Å²) in [5.74, 6) is -0.324. The average molecular weight is 343 g/mol. The van der Waals surface area contributed by atoms with Gasteiger partial charge in [0.25, 0.3) is 0 Å². The third-order valence-electron chi connectivity index (χ3n) is 4.21. The number of amides is 2. The summed E-state index contributed by atoms with van der Waals surface area (Å²) >= 11 is 0. The van der Waals surface area contributed by atoms with Gasteiger partial charge >= 0.3 is 11.8 Å². The van der Waals surface area contributed by atoms with Gasteiger partial charge in [-0.25, -0.2) is 0 Å². The maximum Gasteiger partial charge on any atom is 0.313 e. The first-order valence-corrected chi connectivity index (χ1v) is 8.41. The maximum atomic E-state index is 12.2. The third-order valence-corrected chi connectivity index (χ3v) is 4.21. The van der Waals surface area contributed by atoms with Crippen molar-refractivity contribution in [2.75, 3.05) is 11.9 Å². The fourth-order valence-corrected chi connectivity index (χ4v) is 2.75. The van der Waals surface area contributed by atoms with Gasteiger partial charge < -0.3 is 15.2 Å². The van der Waals surface area contributed by atoms with Gasteiger partial charge in [0, 0.05) is 17.8 Å². The Morgan fingerprint density at radius 3 is 2.48 bits per heavy atom. The van der Waals surface area contributed by atoms with E-state index < -0.39 is 11.8 Å². The second kappa shape index (κ2) is 7.96. The molecule has 0 aliphatic carbocycles. The van der Waals surface area contributed by atoms with Crippen molar-refractivity contribution in [1.29, 1.82) is 0 Å². The number of hydrogen-bond acceptors (Lipinski definition) is 4. The zero-order valence-electron chi connectivity index (χ0n) is 15.4. The van der Waals surface area contributed by atoms with Crippen LogP contribution in [0.15, 0.2) is 22.7 Å². The lowest BCUT2D eigenvalue weighted by atomic mass is 9.98. The highest BCUT2D eigenvalue weighted by molar-refractivity contribution is 6.39. The first kappa shape index (κ1) is 18.7. The Kier molecular flexibility index (Phi) is 5.96. The van der Waals surface area contributed by atoms with Crippen LogP contribution < -0.4 is 10.6 Å². The fraction of sp³-hybridized carbons (Fsp3) is 0.421. The van der Waals surface area contributed by atoms with Gasteiger partial charge in [-0.1, -0.05) is 37.2 Å². The summed E-state index contributed by atoms with van der Waals surface area (Å²) in [5.41, 5.74) is 4.42. The lowest BCUT2D eigenvalue weighted by Crippen LogP contribution is -2.37. The van der Waals surface area contributed by atoms with Crippen LogP contribution in [0.5, 0.6) is 0 Å². The molecule has 2 aromatic rings. The molecule has 0 fully saturated rings. The van der Waals surface area contributed by atoms with Gasteiger partial charge in [0.15, 0.2) is 0 Å².